The van der Waals surface area contributed by atoms with E-state index in [9.17, 15) is 9.59 Å². The van der Waals surface area contributed by atoms with Gasteiger partial charge in [0, 0.05) is 16.9 Å². The highest BCUT2D eigenvalue weighted by atomic mass is 32.1. The summed E-state index contributed by atoms with van der Waals surface area (Å²) < 4.78 is 7.60. The van der Waals surface area contributed by atoms with Crippen molar-refractivity contribution < 1.29 is 9.53 Å². The van der Waals surface area contributed by atoms with Gasteiger partial charge in [-0.25, -0.2) is 4.99 Å². The molecule has 3 heterocycles. The molecule has 1 aliphatic heterocycles. The van der Waals surface area contributed by atoms with Gasteiger partial charge in [-0.2, -0.15) is 0 Å². The van der Waals surface area contributed by atoms with E-state index in [0.717, 1.165) is 34.7 Å². The van der Waals surface area contributed by atoms with Crippen molar-refractivity contribution in [3.05, 3.63) is 83.2 Å². The van der Waals surface area contributed by atoms with Gasteiger partial charge in [0.2, 0.25) is 0 Å². The molecular weight excluding hydrogens is 404 g/mol. The molecule has 1 atom stereocenters. The average Bonchev–Trinajstić information content (AvgIpc) is 3.35. The molecule has 0 radical (unpaired) electrons. The molecule has 0 spiro atoms. The van der Waals surface area contributed by atoms with Crippen LogP contribution in [0.5, 0.6) is 5.75 Å². The maximum absolute atomic E-state index is 13.4. The quantitative estimate of drug-likeness (QED) is 0.652. The highest BCUT2D eigenvalue weighted by molar-refractivity contribution is 7.11. The Labute approximate surface area is 174 Å². The minimum absolute atomic E-state index is 0.0864. The molecule has 146 valence electrons. The molecule has 0 saturated heterocycles. The second kappa shape index (κ2) is 7.24. The van der Waals surface area contributed by atoms with Crippen molar-refractivity contribution in [1.29, 1.82) is 0 Å². The van der Waals surface area contributed by atoms with Crippen molar-refractivity contribution in [2.75, 3.05) is 7.11 Å². The monoisotopic (exact) mass is 422 g/mol. The van der Waals surface area contributed by atoms with Crippen molar-refractivity contribution in [3.63, 3.8) is 0 Å². The second-order valence-electron chi connectivity index (χ2n) is 7.01. The predicted molar refractivity (Wildman–Crippen MR) is 114 cm³/mol. The number of allylic oxidation sites excluding steroid dienone is 2. The summed E-state index contributed by atoms with van der Waals surface area (Å²) >= 11 is 2.98. The Morgan fingerprint density at radius 3 is 2.72 bits per heavy atom. The lowest BCUT2D eigenvalue weighted by atomic mass is 9.86. The molecule has 0 bridgehead atoms. The van der Waals surface area contributed by atoms with Gasteiger partial charge >= 0.3 is 0 Å². The summed E-state index contributed by atoms with van der Waals surface area (Å²) in [5.74, 6) is 0.825. The number of methoxy groups -OCH3 is 1. The van der Waals surface area contributed by atoms with E-state index in [1.807, 2.05) is 47.9 Å². The predicted octanol–water partition coefficient (Wildman–Crippen LogP) is 3.04. The molecule has 29 heavy (non-hydrogen) atoms. The molecule has 1 aliphatic carbocycles. The summed E-state index contributed by atoms with van der Waals surface area (Å²) in [5, 5.41) is 1.99. The number of thiazole rings is 1. The van der Waals surface area contributed by atoms with Gasteiger partial charge in [0.25, 0.3) is 5.56 Å². The Hall–Kier alpha value is -2.77. The number of fused-ring (bicyclic) bond motifs is 1. The van der Waals surface area contributed by atoms with E-state index in [4.69, 9.17) is 9.73 Å². The summed E-state index contributed by atoms with van der Waals surface area (Å²) in [4.78, 5) is 32.6. The fourth-order valence-electron chi connectivity index (χ4n) is 3.91. The van der Waals surface area contributed by atoms with Crippen molar-refractivity contribution in [2.24, 2.45) is 4.99 Å². The third-order valence-electron chi connectivity index (χ3n) is 5.28. The number of ketones is 1. The van der Waals surface area contributed by atoms with E-state index >= 15 is 0 Å². The van der Waals surface area contributed by atoms with Crippen LogP contribution in [0.25, 0.3) is 6.08 Å². The number of aromatic nitrogens is 1. The number of ether oxygens (including phenoxy) is 1. The van der Waals surface area contributed by atoms with Crippen LogP contribution in [-0.4, -0.2) is 17.5 Å². The molecule has 1 unspecified atom stereocenters. The van der Waals surface area contributed by atoms with Gasteiger partial charge in [-0.3, -0.25) is 14.2 Å². The first-order valence-electron chi connectivity index (χ1n) is 9.41. The van der Waals surface area contributed by atoms with Crippen LogP contribution in [0.15, 0.2) is 62.8 Å². The maximum atomic E-state index is 13.4. The summed E-state index contributed by atoms with van der Waals surface area (Å²) in [6.07, 6.45) is 3.98. The summed E-state index contributed by atoms with van der Waals surface area (Å²) in [6, 6.07) is 11.1. The molecule has 0 saturated carbocycles. The smallest absolute Gasteiger partial charge is 0.271 e. The number of hydrogen-bond donors (Lipinski definition) is 0. The number of benzene rings is 1. The molecule has 0 N–H and O–H groups in total. The number of Topliss-reactive ketones (excluding diaryl/α,β-unsaturated/α-hetero) is 1. The van der Waals surface area contributed by atoms with Gasteiger partial charge in [-0.1, -0.05) is 29.5 Å². The van der Waals surface area contributed by atoms with Gasteiger partial charge in [-0.05, 0) is 48.1 Å². The molecular formula is C22H18N2O3S2. The fourth-order valence-corrected chi connectivity index (χ4v) is 5.66. The Bertz CT molecular complexity index is 1300. The summed E-state index contributed by atoms with van der Waals surface area (Å²) in [6.45, 7) is 0. The van der Waals surface area contributed by atoms with E-state index in [2.05, 4.69) is 0 Å². The lowest BCUT2D eigenvalue weighted by molar-refractivity contribution is -0.116. The lowest BCUT2D eigenvalue weighted by Crippen LogP contribution is -2.40. The van der Waals surface area contributed by atoms with Crippen molar-refractivity contribution in [2.45, 2.75) is 25.3 Å². The van der Waals surface area contributed by atoms with E-state index in [1.54, 1.807) is 23.0 Å². The number of thiophene rings is 1. The first-order valence-corrected chi connectivity index (χ1v) is 11.1. The van der Waals surface area contributed by atoms with Gasteiger partial charge < -0.3 is 4.74 Å². The van der Waals surface area contributed by atoms with E-state index in [0.29, 0.717) is 21.3 Å². The Balaban J connectivity index is 1.76. The number of carbonyl (C=O) groups is 1. The number of hydrogen-bond acceptors (Lipinski definition) is 6. The lowest BCUT2D eigenvalue weighted by Gasteiger charge is -2.28. The van der Waals surface area contributed by atoms with Crippen LogP contribution in [0.1, 0.15) is 35.7 Å². The van der Waals surface area contributed by atoms with Crippen molar-refractivity contribution in [1.82, 2.24) is 4.57 Å². The van der Waals surface area contributed by atoms with Crippen molar-refractivity contribution >= 4 is 34.5 Å². The molecule has 0 fully saturated rings. The number of rotatable bonds is 3. The van der Waals surface area contributed by atoms with E-state index in [-0.39, 0.29) is 11.3 Å². The van der Waals surface area contributed by atoms with Crippen molar-refractivity contribution in [3.8, 4) is 5.75 Å². The van der Waals surface area contributed by atoms with Gasteiger partial charge in [-0.15, -0.1) is 11.3 Å². The molecule has 2 aromatic heterocycles. The zero-order valence-electron chi connectivity index (χ0n) is 15.8. The molecule has 5 nitrogen and oxygen atoms in total. The third kappa shape index (κ3) is 3.10. The fraction of sp³-hybridized carbons (Fsp3) is 0.227. The largest absolute Gasteiger partial charge is 0.497 e. The molecule has 0 amide bonds. The van der Waals surface area contributed by atoms with Gasteiger partial charge in [0.05, 0.1) is 23.4 Å². The minimum atomic E-state index is -0.439. The third-order valence-corrected chi connectivity index (χ3v) is 7.08. The zero-order valence-corrected chi connectivity index (χ0v) is 17.4. The summed E-state index contributed by atoms with van der Waals surface area (Å²) in [5.41, 5.74) is 2.28. The van der Waals surface area contributed by atoms with Crippen LogP contribution in [0.3, 0.4) is 0 Å². The standard InChI is InChI=1S/C22H18N2O3S2/c1-27-14-9-7-13(8-10-14)20-19-16(5-2-6-17(19)25)23-22-24(20)21(26)18(29-22)12-15-4-3-11-28-15/h3-4,7-12,20H,2,5-6H2,1H3. The van der Waals surface area contributed by atoms with Crippen LogP contribution in [0.2, 0.25) is 0 Å². The van der Waals surface area contributed by atoms with E-state index < -0.39 is 6.04 Å². The maximum Gasteiger partial charge on any atom is 0.271 e. The first kappa shape index (κ1) is 18.3. The Kier molecular flexibility index (Phi) is 4.56. The average molecular weight is 423 g/mol. The van der Waals surface area contributed by atoms with Gasteiger partial charge in [0.1, 0.15) is 5.75 Å². The molecule has 2 aliphatic rings. The second-order valence-corrected chi connectivity index (χ2v) is 9.00. The van der Waals surface area contributed by atoms with Crippen LogP contribution in [0.4, 0.5) is 0 Å². The van der Waals surface area contributed by atoms with Crippen LogP contribution in [0, 0.1) is 0 Å². The molecule has 7 heteroatoms. The molecule has 3 aromatic rings. The van der Waals surface area contributed by atoms with E-state index in [1.165, 1.54) is 11.3 Å². The topological polar surface area (TPSA) is 60.7 Å². The van der Waals surface area contributed by atoms with Crippen LogP contribution >= 0.6 is 22.7 Å². The Morgan fingerprint density at radius 2 is 2.00 bits per heavy atom. The van der Waals surface area contributed by atoms with Gasteiger partial charge in [0.15, 0.2) is 10.6 Å². The number of nitrogens with zero attached hydrogens (tertiary/aromatic N) is 2. The normalized spacial score (nSPS) is 19.0. The minimum Gasteiger partial charge on any atom is -0.497 e. The number of carbonyl (C=O) groups excluding carboxylic acids is 1. The first-order chi connectivity index (χ1) is 14.2. The van der Waals surface area contributed by atoms with Crippen LogP contribution in [-0.2, 0) is 4.79 Å². The Morgan fingerprint density at radius 1 is 1.17 bits per heavy atom. The SMILES string of the molecule is COc1ccc(C2C3=C(CCCC3=O)N=c3sc(=Cc4cccs4)c(=O)n32)cc1. The zero-order chi connectivity index (χ0) is 20.0. The molecule has 5 rings (SSSR count). The highest BCUT2D eigenvalue weighted by Crippen LogP contribution is 2.36. The molecule has 1 aromatic carbocycles. The highest BCUT2D eigenvalue weighted by Gasteiger charge is 2.34. The van der Waals surface area contributed by atoms with Crippen LogP contribution < -0.4 is 19.6 Å². The summed E-state index contributed by atoms with van der Waals surface area (Å²) in [7, 11) is 1.62.